The van der Waals surface area contributed by atoms with Crippen molar-refractivity contribution in [1.29, 1.82) is 0 Å². The van der Waals surface area contributed by atoms with Crippen molar-refractivity contribution in [1.82, 2.24) is 4.90 Å². The lowest BCUT2D eigenvalue weighted by Crippen LogP contribution is -2.29. The van der Waals surface area contributed by atoms with E-state index >= 15 is 0 Å². The van der Waals surface area contributed by atoms with E-state index in [1.165, 1.54) is 4.90 Å². The Hall–Kier alpha value is -2.10. The molecule has 0 N–H and O–H groups in total. The van der Waals surface area contributed by atoms with Gasteiger partial charge in [-0.15, -0.1) is 0 Å². The quantitative estimate of drug-likeness (QED) is 0.361. The van der Waals surface area contributed by atoms with Gasteiger partial charge in [-0.2, -0.15) is 0 Å². The summed E-state index contributed by atoms with van der Waals surface area (Å²) >= 11 is 0. The van der Waals surface area contributed by atoms with E-state index in [1.54, 1.807) is 27.9 Å². The fourth-order valence-electron chi connectivity index (χ4n) is 1.66. The monoisotopic (exact) mass is 261 g/mol. The van der Waals surface area contributed by atoms with Crippen molar-refractivity contribution < 1.29 is 14.3 Å². The number of hydrogen-bond acceptors (Lipinski definition) is 3. The van der Waals surface area contributed by atoms with Crippen molar-refractivity contribution in [3.05, 3.63) is 41.5 Å². The highest BCUT2D eigenvalue weighted by Crippen LogP contribution is 2.20. The van der Waals surface area contributed by atoms with Crippen molar-refractivity contribution >= 4 is 17.4 Å². The van der Waals surface area contributed by atoms with Crippen molar-refractivity contribution in [2.75, 3.05) is 20.7 Å². The van der Waals surface area contributed by atoms with Gasteiger partial charge in [-0.05, 0) is 25.0 Å². The van der Waals surface area contributed by atoms with Gasteiger partial charge in [-0.1, -0.05) is 30.3 Å². The smallest absolute Gasteiger partial charge is 0.344 e. The van der Waals surface area contributed by atoms with E-state index in [4.69, 9.17) is 4.74 Å². The van der Waals surface area contributed by atoms with Gasteiger partial charge < -0.3 is 9.64 Å². The first-order valence-corrected chi connectivity index (χ1v) is 6.14. The molecule has 19 heavy (non-hydrogen) atoms. The molecule has 1 amide bonds. The van der Waals surface area contributed by atoms with Crippen LogP contribution in [0.5, 0.6) is 0 Å². The Morgan fingerprint density at radius 3 is 2.21 bits per heavy atom. The summed E-state index contributed by atoms with van der Waals surface area (Å²) in [6.07, 6.45) is 0. The summed E-state index contributed by atoms with van der Waals surface area (Å²) < 4.78 is 4.97. The Labute approximate surface area is 113 Å². The number of carbonyl (C=O) groups is 2. The highest BCUT2D eigenvalue weighted by Gasteiger charge is 2.24. The van der Waals surface area contributed by atoms with E-state index in [2.05, 4.69) is 0 Å². The SMILES string of the molecule is CCOC(=O)/C(C(=O)N(C)C)=C(/C)c1ccccc1. The standard InChI is InChI=1S/C15H19NO3/c1-5-19-15(18)13(14(17)16(3)4)11(2)12-9-7-6-8-10-12/h6-10H,5H2,1-4H3/b13-11-. The van der Waals surface area contributed by atoms with Gasteiger partial charge in [0.1, 0.15) is 5.57 Å². The molecule has 0 radical (unpaired) electrons. The maximum absolute atomic E-state index is 12.1. The normalized spacial score (nSPS) is 11.6. The van der Waals surface area contributed by atoms with Crippen LogP contribution in [0.4, 0.5) is 0 Å². The molecular formula is C15H19NO3. The summed E-state index contributed by atoms with van der Waals surface area (Å²) in [5.41, 5.74) is 1.54. The second kappa shape index (κ2) is 6.73. The van der Waals surface area contributed by atoms with Crippen molar-refractivity contribution in [3.8, 4) is 0 Å². The molecule has 0 atom stereocenters. The molecule has 0 aliphatic heterocycles. The van der Waals surface area contributed by atoms with Gasteiger partial charge >= 0.3 is 5.97 Å². The molecule has 0 unspecified atom stereocenters. The van der Waals surface area contributed by atoms with Crippen LogP contribution in [-0.4, -0.2) is 37.5 Å². The molecule has 1 aromatic carbocycles. The Balaban J connectivity index is 3.29. The third-order valence-electron chi connectivity index (χ3n) is 2.68. The fourth-order valence-corrected chi connectivity index (χ4v) is 1.66. The molecule has 1 rings (SSSR count). The number of hydrogen-bond donors (Lipinski definition) is 0. The molecule has 0 bridgehead atoms. The lowest BCUT2D eigenvalue weighted by atomic mass is 10.0. The first kappa shape index (κ1) is 15.0. The Bertz CT molecular complexity index is 489. The fraction of sp³-hybridized carbons (Fsp3) is 0.333. The summed E-state index contributed by atoms with van der Waals surface area (Å²) in [6.45, 7) is 3.71. The van der Waals surface area contributed by atoms with Crippen molar-refractivity contribution in [2.45, 2.75) is 13.8 Å². The largest absolute Gasteiger partial charge is 0.462 e. The van der Waals surface area contributed by atoms with Gasteiger partial charge in [0.2, 0.25) is 0 Å². The van der Waals surface area contributed by atoms with Gasteiger partial charge in [-0.25, -0.2) is 4.79 Å². The van der Waals surface area contributed by atoms with Crippen molar-refractivity contribution in [3.63, 3.8) is 0 Å². The van der Waals surface area contributed by atoms with Crippen LogP contribution < -0.4 is 0 Å². The maximum Gasteiger partial charge on any atom is 0.344 e. The van der Waals surface area contributed by atoms with Crippen LogP contribution in [-0.2, 0) is 14.3 Å². The lowest BCUT2D eigenvalue weighted by Gasteiger charge is -2.15. The first-order valence-electron chi connectivity index (χ1n) is 6.14. The van der Waals surface area contributed by atoms with Gasteiger partial charge in [0.25, 0.3) is 5.91 Å². The Morgan fingerprint density at radius 2 is 1.74 bits per heavy atom. The second-order valence-electron chi connectivity index (χ2n) is 4.29. The molecule has 0 saturated carbocycles. The number of amides is 1. The molecule has 4 nitrogen and oxygen atoms in total. The number of ether oxygens (including phenoxy) is 1. The number of rotatable bonds is 4. The van der Waals surface area contributed by atoms with Crippen LogP contribution >= 0.6 is 0 Å². The van der Waals surface area contributed by atoms with Crippen LogP contribution in [0.1, 0.15) is 19.4 Å². The van der Waals surface area contributed by atoms with Crippen LogP contribution in [0, 0.1) is 0 Å². The second-order valence-corrected chi connectivity index (χ2v) is 4.29. The molecule has 102 valence electrons. The van der Waals surface area contributed by atoms with Crippen LogP contribution in [0.2, 0.25) is 0 Å². The van der Waals surface area contributed by atoms with E-state index in [0.29, 0.717) is 5.57 Å². The molecule has 1 aromatic rings. The summed E-state index contributed by atoms with van der Waals surface area (Å²) in [5, 5.41) is 0. The van der Waals surface area contributed by atoms with Gasteiger partial charge in [-0.3, -0.25) is 4.79 Å². The average molecular weight is 261 g/mol. The molecular weight excluding hydrogens is 242 g/mol. The molecule has 4 heteroatoms. The zero-order valence-corrected chi connectivity index (χ0v) is 11.8. The molecule has 0 saturated heterocycles. The first-order chi connectivity index (χ1) is 8.99. The topological polar surface area (TPSA) is 46.6 Å². The van der Waals surface area contributed by atoms with E-state index in [0.717, 1.165) is 5.56 Å². The molecule has 0 spiro atoms. The number of nitrogens with zero attached hydrogens (tertiary/aromatic N) is 1. The number of likely N-dealkylation sites (N-methyl/N-ethyl adjacent to an activating group) is 1. The molecule has 0 aliphatic rings. The van der Waals surface area contributed by atoms with E-state index in [9.17, 15) is 9.59 Å². The minimum Gasteiger partial charge on any atom is -0.462 e. The minimum absolute atomic E-state index is 0.0815. The molecule has 0 aromatic heterocycles. The predicted molar refractivity (Wildman–Crippen MR) is 74.4 cm³/mol. The predicted octanol–water partition coefficient (Wildman–Crippen LogP) is 2.11. The lowest BCUT2D eigenvalue weighted by molar-refractivity contribution is -0.141. The summed E-state index contributed by atoms with van der Waals surface area (Å²) in [5.74, 6) is -0.928. The zero-order chi connectivity index (χ0) is 14.4. The third-order valence-corrected chi connectivity index (χ3v) is 2.68. The molecule has 0 aliphatic carbocycles. The maximum atomic E-state index is 12.1. The highest BCUT2D eigenvalue weighted by atomic mass is 16.5. The van der Waals surface area contributed by atoms with Gasteiger partial charge in [0.05, 0.1) is 6.61 Å². The molecule has 0 fully saturated rings. The Morgan fingerprint density at radius 1 is 1.16 bits per heavy atom. The van der Waals surface area contributed by atoms with E-state index in [-0.39, 0.29) is 18.1 Å². The van der Waals surface area contributed by atoms with Gasteiger partial charge in [0.15, 0.2) is 0 Å². The number of benzene rings is 1. The Kier molecular flexibility index (Phi) is 5.30. The van der Waals surface area contributed by atoms with Crippen LogP contribution in [0.15, 0.2) is 35.9 Å². The van der Waals surface area contributed by atoms with E-state index < -0.39 is 5.97 Å². The number of esters is 1. The summed E-state index contributed by atoms with van der Waals surface area (Å²) in [4.78, 5) is 25.5. The number of allylic oxidation sites excluding steroid dienone is 1. The third kappa shape index (κ3) is 3.68. The van der Waals surface area contributed by atoms with Gasteiger partial charge in [0, 0.05) is 14.1 Å². The van der Waals surface area contributed by atoms with Crippen molar-refractivity contribution in [2.24, 2.45) is 0 Å². The average Bonchev–Trinajstić information content (AvgIpc) is 2.40. The van der Waals surface area contributed by atoms with Crippen LogP contribution in [0.3, 0.4) is 0 Å². The number of carbonyl (C=O) groups excluding carboxylic acids is 2. The van der Waals surface area contributed by atoms with E-state index in [1.807, 2.05) is 30.3 Å². The summed E-state index contributed by atoms with van der Waals surface area (Å²) in [7, 11) is 3.22. The highest BCUT2D eigenvalue weighted by molar-refractivity contribution is 6.21. The summed E-state index contributed by atoms with van der Waals surface area (Å²) in [6, 6.07) is 9.33. The van der Waals surface area contributed by atoms with Crippen LogP contribution in [0.25, 0.3) is 5.57 Å². The minimum atomic E-state index is -0.581. The molecule has 0 heterocycles. The zero-order valence-electron chi connectivity index (χ0n) is 11.8.